The monoisotopic (exact) mass is 345 g/mol. The van der Waals surface area contributed by atoms with E-state index in [0.29, 0.717) is 6.04 Å². The van der Waals surface area contributed by atoms with E-state index in [1.54, 1.807) is 0 Å². The molecule has 0 spiro atoms. The van der Waals surface area contributed by atoms with Gasteiger partial charge in [-0.15, -0.1) is 0 Å². The first-order chi connectivity index (χ1) is 12.4. The molecular formula is C21H23N5. The van der Waals surface area contributed by atoms with E-state index in [0.717, 1.165) is 40.0 Å². The Morgan fingerprint density at radius 1 is 1.12 bits per heavy atom. The second kappa shape index (κ2) is 5.10. The molecule has 1 aliphatic rings. The molecule has 0 fully saturated rings. The fourth-order valence-corrected chi connectivity index (χ4v) is 4.14. The number of benzene rings is 2. The largest absolute Gasteiger partial charge is 0.368 e. The average molecular weight is 345 g/mol. The topological polar surface area (TPSA) is 60.6 Å². The molecule has 0 saturated heterocycles. The minimum Gasteiger partial charge on any atom is -0.368 e. The predicted octanol–water partition coefficient (Wildman–Crippen LogP) is 4.61. The van der Waals surface area contributed by atoms with Crippen molar-refractivity contribution in [1.82, 2.24) is 20.2 Å². The SMILES string of the molecule is CC(C)N1CC(C)(C)c2cc3[nH]c(-c4n[nH]c5ccccc45)nc3cc21. The first-order valence-electron chi connectivity index (χ1n) is 9.18. The van der Waals surface area contributed by atoms with Gasteiger partial charge in [0.2, 0.25) is 0 Å². The highest BCUT2D eigenvalue weighted by Crippen LogP contribution is 2.43. The molecule has 2 aromatic carbocycles. The third-order valence-corrected chi connectivity index (χ3v) is 5.52. The van der Waals surface area contributed by atoms with E-state index in [-0.39, 0.29) is 5.41 Å². The number of nitrogens with one attached hydrogen (secondary N) is 2. The minimum atomic E-state index is 0.137. The first kappa shape index (κ1) is 15.4. The van der Waals surface area contributed by atoms with Crippen LogP contribution in [0.2, 0.25) is 0 Å². The van der Waals surface area contributed by atoms with Crippen LogP contribution < -0.4 is 4.90 Å². The van der Waals surface area contributed by atoms with Gasteiger partial charge >= 0.3 is 0 Å². The maximum absolute atomic E-state index is 4.86. The molecule has 1 aliphatic heterocycles. The van der Waals surface area contributed by atoms with Gasteiger partial charge in [-0.2, -0.15) is 5.10 Å². The number of hydrogen-bond acceptors (Lipinski definition) is 3. The zero-order valence-corrected chi connectivity index (χ0v) is 15.6. The lowest BCUT2D eigenvalue weighted by atomic mass is 9.87. The highest BCUT2D eigenvalue weighted by Gasteiger charge is 2.36. The van der Waals surface area contributed by atoms with E-state index in [1.807, 2.05) is 18.2 Å². The molecule has 3 heterocycles. The van der Waals surface area contributed by atoms with E-state index in [2.05, 4.69) is 66.0 Å². The van der Waals surface area contributed by atoms with E-state index >= 15 is 0 Å². The molecule has 0 aliphatic carbocycles. The van der Waals surface area contributed by atoms with Gasteiger partial charge in [0, 0.05) is 29.1 Å². The maximum Gasteiger partial charge on any atom is 0.159 e. The Hall–Kier alpha value is -2.82. The van der Waals surface area contributed by atoms with Crippen molar-refractivity contribution in [2.24, 2.45) is 0 Å². The van der Waals surface area contributed by atoms with Crippen molar-refractivity contribution in [2.75, 3.05) is 11.4 Å². The summed E-state index contributed by atoms with van der Waals surface area (Å²) in [6, 6.07) is 13.1. The van der Waals surface area contributed by atoms with Crippen LogP contribution >= 0.6 is 0 Å². The van der Waals surface area contributed by atoms with E-state index < -0.39 is 0 Å². The Bertz CT molecular complexity index is 1130. The summed E-state index contributed by atoms with van der Waals surface area (Å²) in [4.78, 5) is 10.8. The highest BCUT2D eigenvalue weighted by atomic mass is 15.2. The third-order valence-electron chi connectivity index (χ3n) is 5.52. The molecule has 0 saturated carbocycles. The molecule has 2 aromatic heterocycles. The standard InChI is InChI=1S/C21H23N5/c1-12(2)26-11-21(3,4)14-9-16-17(10-18(14)26)23-20(22-16)19-13-7-5-6-8-15(13)24-25-19/h5-10,12H,11H2,1-4H3,(H,22,23)(H,24,25). The number of imidazole rings is 1. The Kier molecular flexibility index (Phi) is 3.03. The van der Waals surface area contributed by atoms with Crippen LogP contribution in [0.15, 0.2) is 36.4 Å². The number of fused-ring (bicyclic) bond motifs is 3. The van der Waals surface area contributed by atoms with Crippen LogP contribution in [-0.4, -0.2) is 32.8 Å². The number of H-pyrrole nitrogens is 2. The van der Waals surface area contributed by atoms with E-state index in [1.165, 1.54) is 11.3 Å². The van der Waals surface area contributed by atoms with Gasteiger partial charge in [0.05, 0.1) is 16.6 Å². The summed E-state index contributed by atoms with van der Waals surface area (Å²) in [5.74, 6) is 0.815. The van der Waals surface area contributed by atoms with Gasteiger partial charge < -0.3 is 9.88 Å². The second-order valence-corrected chi connectivity index (χ2v) is 8.20. The van der Waals surface area contributed by atoms with E-state index in [9.17, 15) is 0 Å². The lowest BCUT2D eigenvalue weighted by Crippen LogP contribution is -2.33. The Morgan fingerprint density at radius 3 is 2.73 bits per heavy atom. The Balaban J connectivity index is 1.70. The number of aromatic amines is 2. The Labute approximate surface area is 152 Å². The number of anilines is 1. The summed E-state index contributed by atoms with van der Waals surface area (Å²) in [6.07, 6.45) is 0. The maximum atomic E-state index is 4.86. The highest BCUT2D eigenvalue weighted by molar-refractivity contribution is 5.94. The van der Waals surface area contributed by atoms with Gasteiger partial charge in [-0.3, -0.25) is 5.10 Å². The van der Waals surface area contributed by atoms with Crippen molar-refractivity contribution in [2.45, 2.75) is 39.2 Å². The van der Waals surface area contributed by atoms with Crippen LogP contribution in [0.3, 0.4) is 0 Å². The summed E-state index contributed by atoms with van der Waals surface area (Å²) >= 11 is 0. The minimum absolute atomic E-state index is 0.137. The zero-order chi connectivity index (χ0) is 18.1. The summed E-state index contributed by atoms with van der Waals surface area (Å²) in [6.45, 7) is 10.2. The molecule has 0 radical (unpaired) electrons. The zero-order valence-electron chi connectivity index (χ0n) is 15.6. The molecule has 4 aromatic rings. The van der Waals surface area contributed by atoms with Crippen molar-refractivity contribution in [3.63, 3.8) is 0 Å². The predicted molar refractivity (Wildman–Crippen MR) is 107 cm³/mol. The smallest absolute Gasteiger partial charge is 0.159 e. The average Bonchev–Trinajstić information content (AvgIpc) is 3.27. The summed E-state index contributed by atoms with van der Waals surface area (Å²) in [7, 11) is 0. The molecule has 2 N–H and O–H groups in total. The van der Waals surface area contributed by atoms with Crippen LogP contribution in [0.1, 0.15) is 33.3 Å². The van der Waals surface area contributed by atoms with Crippen LogP contribution in [0.4, 0.5) is 5.69 Å². The molecule has 26 heavy (non-hydrogen) atoms. The number of nitrogens with zero attached hydrogens (tertiary/aromatic N) is 3. The van der Waals surface area contributed by atoms with Crippen LogP contribution in [0, 0.1) is 0 Å². The van der Waals surface area contributed by atoms with Gasteiger partial charge in [-0.1, -0.05) is 32.0 Å². The van der Waals surface area contributed by atoms with Crippen molar-refractivity contribution in [3.8, 4) is 11.5 Å². The summed E-state index contributed by atoms with van der Waals surface area (Å²) in [5.41, 5.74) is 6.80. The summed E-state index contributed by atoms with van der Waals surface area (Å²) in [5, 5.41) is 8.66. The van der Waals surface area contributed by atoms with Gasteiger partial charge in [0.1, 0.15) is 5.69 Å². The van der Waals surface area contributed by atoms with Gasteiger partial charge in [-0.25, -0.2) is 4.98 Å². The van der Waals surface area contributed by atoms with Crippen molar-refractivity contribution >= 4 is 27.6 Å². The lowest BCUT2D eigenvalue weighted by Gasteiger charge is -2.26. The number of para-hydroxylation sites is 1. The number of rotatable bonds is 2. The fourth-order valence-electron chi connectivity index (χ4n) is 4.14. The fraction of sp³-hybridized carbons (Fsp3) is 0.333. The number of aromatic nitrogens is 4. The van der Waals surface area contributed by atoms with Gasteiger partial charge in [0.25, 0.3) is 0 Å². The molecule has 0 amide bonds. The number of hydrogen-bond donors (Lipinski definition) is 2. The molecule has 132 valence electrons. The molecule has 0 bridgehead atoms. The van der Waals surface area contributed by atoms with Crippen molar-refractivity contribution in [3.05, 3.63) is 42.0 Å². The summed E-state index contributed by atoms with van der Waals surface area (Å²) < 4.78 is 0. The second-order valence-electron chi connectivity index (χ2n) is 8.20. The van der Waals surface area contributed by atoms with Gasteiger partial charge in [-0.05, 0) is 37.6 Å². The van der Waals surface area contributed by atoms with Crippen LogP contribution in [0.25, 0.3) is 33.5 Å². The molecule has 5 rings (SSSR count). The normalized spacial score (nSPS) is 16.1. The van der Waals surface area contributed by atoms with Crippen molar-refractivity contribution in [1.29, 1.82) is 0 Å². The first-order valence-corrected chi connectivity index (χ1v) is 9.18. The lowest BCUT2D eigenvalue weighted by molar-refractivity contribution is 0.532. The molecule has 5 heteroatoms. The molecule has 5 nitrogen and oxygen atoms in total. The Morgan fingerprint density at radius 2 is 1.92 bits per heavy atom. The van der Waals surface area contributed by atoms with Crippen LogP contribution in [0.5, 0.6) is 0 Å². The van der Waals surface area contributed by atoms with Crippen molar-refractivity contribution < 1.29 is 0 Å². The quantitative estimate of drug-likeness (QED) is 0.557. The van der Waals surface area contributed by atoms with Gasteiger partial charge in [0.15, 0.2) is 5.82 Å². The van der Waals surface area contributed by atoms with Crippen LogP contribution in [-0.2, 0) is 5.41 Å². The van der Waals surface area contributed by atoms with E-state index in [4.69, 9.17) is 4.98 Å². The third kappa shape index (κ3) is 2.09. The molecule has 0 unspecified atom stereocenters. The molecule has 0 atom stereocenters. The molecular weight excluding hydrogens is 322 g/mol.